The summed E-state index contributed by atoms with van der Waals surface area (Å²) < 4.78 is 5.50. The number of halogens is 1. The SMILES string of the molecule is CCN(CC)c1ccc(C=NNC(=O)COc2cc(C)c(Cl)c(C)c2)cc1. The predicted octanol–water partition coefficient (Wildman–Crippen LogP) is 4.33. The lowest BCUT2D eigenvalue weighted by atomic mass is 10.1. The van der Waals surface area contributed by atoms with Crippen LogP contribution >= 0.6 is 11.6 Å². The van der Waals surface area contributed by atoms with Crippen LogP contribution in [0.1, 0.15) is 30.5 Å². The largest absolute Gasteiger partial charge is 0.484 e. The fourth-order valence-electron chi connectivity index (χ4n) is 2.71. The normalized spacial score (nSPS) is 10.9. The van der Waals surface area contributed by atoms with Crippen molar-refractivity contribution in [1.82, 2.24) is 5.43 Å². The van der Waals surface area contributed by atoms with Crippen LogP contribution in [-0.4, -0.2) is 31.8 Å². The molecular weight excluding hydrogens is 362 g/mol. The lowest BCUT2D eigenvalue weighted by Gasteiger charge is -2.20. The Morgan fingerprint density at radius 2 is 1.74 bits per heavy atom. The third-order valence-corrected chi connectivity index (χ3v) is 4.80. The summed E-state index contributed by atoms with van der Waals surface area (Å²) in [5.74, 6) is 0.289. The van der Waals surface area contributed by atoms with Crippen LogP contribution in [0.15, 0.2) is 41.5 Å². The lowest BCUT2D eigenvalue weighted by Crippen LogP contribution is -2.24. The number of ether oxygens (including phenoxy) is 1. The van der Waals surface area contributed by atoms with E-state index in [1.807, 2.05) is 50.2 Å². The fraction of sp³-hybridized carbons (Fsp3) is 0.333. The summed E-state index contributed by atoms with van der Waals surface area (Å²) in [6.07, 6.45) is 1.61. The van der Waals surface area contributed by atoms with Crippen molar-refractivity contribution in [2.45, 2.75) is 27.7 Å². The van der Waals surface area contributed by atoms with Crippen molar-refractivity contribution in [2.75, 3.05) is 24.6 Å². The molecular formula is C21H26ClN3O2. The van der Waals surface area contributed by atoms with Crippen LogP contribution in [0.5, 0.6) is 5.75 Å². The van der Waals surface area contributed by atoms with Crippen LogP contribution < -0.4 is 15.1 Å². The highest BCUT2D eigenvalue weighted by Crippen LogP contribution is 2.25. The van der Waals surface area contributed by atoms with Crippen molar-refractivity contribution in [3.63, 3.8) is 0 Å². The van der Waals surface area contributed by atoms with Gasteiger partial charge in [-0.1, -0.05) is 23.7 Å². The third-order valence-electron chi connectivity index (χ3n) is 4.20. The summed E-state index contributed by atoms with van der Waals surface area (Å²) >= 11 is 6.13. The standard InChI is InChI=1S/C21H26ClN3O2/c1-5-25(6-2)18-9-7-17(8-10-18)13-23-24-20(26)14-27-19-11-15(3)21(22)16(4)12-19/h7-13H,5-6,14H2,1-4H3,(H,24,26). The second-order valence-electron chi connectivity index (χ2n) is 6.22. The van der Waals surface area contributed by atoms with Gasteiger partial charge < -0.3 is 9.64 Å². The van der Waals surface area contributed by atoms with Crippen molar-refractivity contribution in [3.8, 4) is 5.75 Å². The summed E-state index contributed by atoms with van der Waals surface area (Å²) in [5.41, 5.74) is 6.38. The zero-order chi connectivity index (χ0) is 19.8. The van der Waals surface area contributed by atoms with Crippen molar-refractivity contribution >= 4 is 29.4 Å². The van der Waals surface area contributed by atoms with Gasteiger partial charge in [-0.25, -0.2) is 5.43 Å². The Labute approximate surface area is 166 Å². The van der Waals surface area contributed by atoms with Crippen LogP contribution in [0.2, 0.25) is 5.02 Å². The molecule has 0 heterocycles. The van der Waals surface area contributed by atoms with Crippen molar-refractivity contribution in [1.29, 1.82) is 0 Å². The molecule has 1 N–H and O–H groups in total. The molecule has 1 amide bonds. The molecule has 2 rings (SSSR count). The van der Waals surface area contributed by atoms with Crippen molar-refractivity contribution in [2.24, 2.45) is 5.10 Å². The maximum Gasteiger partial charge on any atom is 0.277 e. The van der Waals surface area contributed by atoms with E-state index in [0.29, 0.717) is 10.8 Å². The molecule has 0 radical (unpaired) electrons. The van der Waals surface area contributed by atoms with Gasteiger partial charge in [0, 0.05) is 23.8 Å². The first-order valence-corrected chi connectivity index (χ1v) is 9.38. The van der Waals surface area contributed by atoms with E-state index >= 15 is 0 Å². The molecule has 0 bridgehead atoms. The quantitative estimate of drug-likeness (QED) is 0.541. The number of amides is 1. The molecule has 0 saturated heterocycles. The lowest BCUT2D eigenvalue weighted by molar-refractivity contribution is -0.123. The third kappa shape index (κ3) is 6.00. The Kier molecular flexibility index (Phi) is 7.67. The van der Waals surface area contributed by atoms with Gasteiger partial charge in [0.05, 0.1) is 6.21 Å². The Morgan fingerprint density at radius 1 is 1.15 bits per heavy atom. The Morgan fingerprint density at radius 3 is 2.30 bits per heavy atom. The number of hydrazone groups is 1. The zero-order valence-electron chi connectivity index (χ0n) is 16.3. The highest BCUT2D eigenvalue weighted by atomic mass is 35.5. The minimum absolute atomic E-state index is 0.112. The molecule has 0 aliphatic rings. The molecule has 0 saturated carbocycles. The van der Waals surface area contributed by atoms with Gasteiger partial charge in [-0.15, -0.1) is 0 Å². The number of carbonyl (C=O) groups is 1. The van der Waals surface area contributed by atoms with E-state index < -0.39 is 0 Å². The van der Waals surface area contributed by atoms with Crippen LogP contribution in [-0.2, 0) is 4.79 Å². The number of rotatable bonds is 8. The summed E-state index contributed by atoms with van der Waals surface area (Å²) in [7, 11) is 0. The van der Waals surface area contributed by atoms with Gasteiger partial charge in [0.1, 0.15) is 5.75 Å². The maximum atomic E-state index is 11.9. The highest BCUT2D eigenvalue weighted by Gasteiger charge is 2.06. The van der Waals surface area contributed by atoms with Crippen LogP contribution in [0.4, 0.5) is 5.69 Å². The smallest absolute Gasteiger partial charge is 0.277 e. The van der Waals surface area contributed by atoms with Gasteiger partial charge in [-0.05, 0) is 68.7 Å². The van der Waals surface area contributed by atoms with Gasteiger partial charge in [0.15, 0.2) is 6.61 Å². The fourth-order valence-corrected chi connectivity index (χ4v) is 2.82. The van der Waals surface area contributed by atoms with E-state index in [0.717, 1.165) is 29.8 Å². The first-order chi connectivity index (χ1) is 12.9. The van der Waals surface area contributed by atoms with Gasteiger partial charge in [-0.3, -0.25) is 4.79 Å². The number of aryl methyl sites for hydroxylation is 2. The molecule has 0 atom stereocenters. The molecule has 2 aromatic carbocycles. The van der Waals surface area contributed by atoms with E-state index in [-0.39, 0.29) is 12.5 Å². The van der Waals surface area contributed by atoms with Crippen LogP contribution in [0.25, 0.3) is 0 Å². The molecule has 27 heavy (non-hydrogen) atoms. The number of nitrogens with one attached hydrogen (secondary N) is 1. The summed E-state index contributed by atoms with van der Waals surface area (Å²) in [6.45, 7) is 9.88. The minimum atomic E-state index is -0.323. The number of hydrogen-bond donors (Lipinski definition) is 1. The molecule has 6 heteroatoms. The van der Waals surface area contributed by atoms with Gasteiger partial charge >= 0.3 is 0 Å². The molecule has 0 aliphatic heterocycles. The maximum absolute atomic E-state index is 11.9. The topological polar surface area (TPSA) is 53.9 Å². The molecule has 0 spiro atoms. The predicted molar refractivity (Wildman–Crippen MR) is 112 cm³/mol. The van der Waals surface area contributed by atoms with E-state index in [4.69, 9.17) is 16.3 Å². The average molecular weight is 388 g/mol. The summed E-state index contributed by atoms with van der Waals surface area (Å²) in [5, 5.41) is 4.69. The number of carbonyl (C=O) groups excluding carboxylic acids is 1. The first kappa shape index (κ1) is 20.8. The minimum Gasteiger partial charge on any atom is -0.484 e. The van der Waals surface area contributed by atoms with Gasteiger partial charge in [-0.2, -0.15) is 5.10 Å². The molecule has 0 aliphatic carbocycles. The van der Waals surface area contributed by atoms with Crippen LogP contribution in [0, 0.1) is 13.8 Å². The Balaban J connectivity index is 1.84. The number of hydrogen-bond acceptors (Lipinski definition) is 4. The number of benzene rings is 2. The first-order valence-electron chi connectivity index (χ1n) is 9.01. The summed E-state index contributed by atoms with van der Waals surface area (Å²) in [6, 6.07) is 11.7. The second-order valence-corrected chi connectivity index (χ2v) is 6.59. The monoisotopic (exact) mass is 387 g/mol. The molecule has 0 fully saturated rings. The van der Waals surface area contributed by atoms with E-state index in [2.05, 4.69) is 29.3 Å². The van der Waals surface area contributed by atoms with Gasteiger partial charge in [0.25, 0.3) is 5.91 Å². The Bertz CT molecular complexity index is 777. The molecule has 144 valence electrons. The molecule has 0 unspecified atom stereocenters. The molecule has 5 nitrogen and oxygen atoms in total. The van der Waals surface area contributed by atoms with E-state index in [1.165, 1.54) is 5.69 Å². The number of nitrogens with zero attached hydrogens (tertiary/aromatic N) is 2. The molecule has 0 aromatic heterocycles. The van der Waals surface area contributed by atoms with E-state index in [9.17, 15) is 4.79 Å². The van der Waals surface area contributed by atoms with Crippen LogP contribution in [0.3, 0.4) is 0 Å². The number of anilines is 1. The highest BCUT2D eigenvalue weighted by molar-refractivity contribution is 6.32. The molecule has 2 aromatic rings. The zero-order valence-corrected chi connectivity index (χ0v) is 17.0. The second kappa shape index (κ2) is 9.97. The van der Waals surface area contributed by atoms with Crippen molar-refractivity contribution in [3.05, 3.63) is 58.1 Å². The Hall–Kier alpha value is -2.53. The summed E-state index contributed by atoms with van der Waals surface area (Å²) in [4.78, 5) is 14.1. The van der Waals surface area contributed by atoms with Gasteiger partial charge in [0.2, 0.25) is 0 Å². The average Bonchev–Trinajstić information content (AvgIpc) is 2.66. The van der Waals surface area contributed by atoms with Crippen molar-refractivity contribution < 1.29 is 9.53 Å². The van der Waals surface area contributed by atoms with E-state index in [1.54, 1.807) is 6.21 Å².